The van der Waals surface area contributed by atoms with Crippen LogP contribution in [0.5, 0.6) is 0 Å². The molecule has 7 rings (SSSR count). The first-order chi connectivity index (χ1) is 18.4. The molecule has 0 spiro atoms. The van der Waals surface area contributed by atoms with Crippen LogP contribution in [0.2, 0.25) is 5.28 Å². The molecule has 3 unspecified atom stereocenters. The Balaban J connectivity index is 1.05. The van der Waals surface area contributed by atoms with E-state index in [1.54, 1.807) is 0 Å². The highest BCUT2D eigenvalue weighted by Crippen LogP contribution is 2.46. The average Bonchev–Trinajstić information content (AvgIpc) is 3.69. The molecule has 0 amide bonds. The lowest BCUT2D eigenvalue weighted by atomic mass is 9.93. The quantitative estimate of drug-likeness (QED) is 0.345. The van der Waals surface area contributed by atoms with Crippen molar-refractivity contribution in [1.82, 2.24) is 34.6 Å². The van der Waals surface area contributed by atoms with Gasteiger partial charge in [0.05, 0.1) is 22.1 Å². The third-order valence-electron chi connectivity index (χ3n) is 8.47. The Kier molecular flexibility index (Phi) is 5.90. The van der Waals surface area contributed by atoms with Crippen LogP contribution in [0.3, 0.4) is 0 Å². The van der Waals surface area contributed by atoms with E-state index in [4.69, 9.17) is 22.3 Å². The minimum Gasteiger partial charge on any atom is -0.368 e. The van der Waals surface area contributed by atoms with E-state index in [2.05, 4.69) is 48.2 Å². The van der Waals surface area contributed by atoms with Crippen LogP contribution >= 0.6 is 22.9 Å². The lowest BCUT2D eigenvalue weighted by molar-refractivity contribution is 0.134. The number of aryl methyl sites for hydroxylation is 2. The fourth-order valence-electron chi connectivity index (χ4n) is 6.69. The largest absolute Gasteiger partial charge is 0.368 e. The molecule has 2 aliphatic carbocycles. The first-order valence-electron chi connectivity index (χ1n) is 13.3. The standard InChI is InChI=1S/C26H31ClN10S/c1-14-9-18(12-29-22(14)36-7-5-35(6-8-36)19-11-16-3-4-17(19)10-16)30-26-33-25(28)37(34-26)23-21-20(15(2)13-38-21)31-24(27)32-23/h9,12-13,16-17,19H,3-8,10-11H2,1-2H3,(H3,28,30,33,34). The summed E-state index contributed by atoms with van der Waals surface area (Å²) in [5, 5.41) is 9.97. The van der Waals surface area contributed by atoms with Crippen LogP contribution in [0.1, 0.15) is 36.8 Å². The number of nitrogens with zero attached hydrogens (tertiary/aromatic N) is 8. The van der Waals surface area contributed by atoms with Gasteiger partial charge in [-0.05, 0) is 79.1 Å². The SMILES string of the molecule is Cc1cc(Nc2nc(N)n(-c3nc(Cl)nc4c(C)csc34)n2)cnc1N1CCN(C2CC3CCC2C3)CC1. The summed E-state index contributed by atoms with van der Waals surface area (Å²) in [5.41, 5.74) is 9.98. The zero-order chi connectivity index (χ0) is 26.0. The second kappa shape index (κ2) is 9.32. The molecule has 0 radical (unpaired) electrons. The van der Waals surface area contributed by atoms with Crippen LogP contribution in [0.4, 0.5) is 23.4 Å². The number of nitrogen functional groups attached to an aromatic ring is 1. The number of rotatable bonds is 5. The van der Waals surface area contributed by atoms with Crippen LogP contribution in [-0.2, 0) is 0 Å². The van der Waals surface area contributed by atoms with Gasteiger partial charge in [0.25, 0.3) is 0 Å². The predicted octanol–water partition coefficient (Wildman–Crippen LogP) is 4.57. The Morgan fingerprint density at radius 1 is 1.03 bits per heavy atom. The van der Waals surface area contributed by atoms with E-state index in [9.17, 15) is 0 Å². The van der Waals surface area contributed by atoms with Gasteiger partial charge < -0.3 is 16.0 Å². The highest BCUT2D eigenvalue weighted by Gasteiger charge is 2.42. The number of hydrogen-bond acceptors (Lipinski definition) is 10. The first kappa shape index (κ1) is 24.1. The Morgan fingerprint density at radius 2 is 1.87 bits per heavy atom. The Labute approximate surface area is 230 Å². The lowest BCUT2D eigenvalue weighted by Crippen LogP contribution is -2.52. The fraction of sp³-hybridized carbons (Fsp3) is 0.500. The summed E-state index contributed by atoms with van der Waals surface area (Å²) in [6, 6.07) is 2.90. The van der Waals surface area contributed by atoms with Gasteiger partial charge in [-0.2, -0.15) is 14.6 Å². The van der Waals surface area contributed by atoms with Crippen molar-refractivity contribution in [3.8, 4) is 5.82 Å². The smallest absolute Gasteiger partial charge is 0.248 e. The van der Waals surface area contributed by atoms with E-state index in [1.165, 1.54) is 41.7 Å². The van der Waals surface area contributed by atoms with Crippen molar-refractivity contribution in [1.29, 1.82) is 0 Å². The normalized spacial score (nSPS) is 23.6. The average molecular weight is 551 g/mol. The summed E-state index contributed by atoms with van der Waals surface area (Å²) in [7, 11) is 0. The highest BCUT2D eigenvalue weighted by atomic mass is 35.5. The van der Waals surface area contributed by atoms with Gasteiger partial charge >= 0.3 is 0 Å². The number of fused-ring (bicyclic) bond motifs is 3. The van der Waals surface area contributed by atoms with Gasteiger partial charge in [0, 0.05) is 32.2 Å². The van der Waals surface area contributed by atoms with Crippen LogP contribution < -0.4 is 16.0 Å². The maximum atomic E-state index is 6.23. The van der Waals surface area contributed by atoms with Gasteiger partial charge in [-0.1, -0.05) is 6.42 Å². The van der Waals surface area contributed by atoms with Crippen molar-refractivity contribution >= 4 is 56.6 Å². The fourth-order valence-corrected chi connectivity index (χ4v) is 7.81. The number of anilines is 4. The lowest BCUT2D eigenvalue weighted by Gasteiger charge is -2.41. The summed E-state index contributed by atoms with van der Waals surface area (Å²) in [6.07, 6.45) is 7.61. The number of nitrogens with two attached hydrogens (primary N) is 1. The molecule has 1 saturated heterocycles. The third kappa shape index (κ3) is 4.17. The summed E-state index contributed by atoms with van der Waals surface area (Å²) >= 11 is 7.72. The predicted molar refractivity (Wildman–Crippen MR) is 152 cm³/mol. The molecule has 4 aromatic rings. The van der Waals surface area contributed by atoms with Crippen molar-refractivity contribution in [3.05, 3.63) is 34.1 Å². The molecule has 0 aromatic carbocycles. The van der Waals surface area contributed by atoms with Gasteiger partial charge in [-0.3, -0.25) is 4.90 Å². The summed E-state index contributed by atoms with van der Waals surface area (Å²) < 4.78 is 2.36. The van der Waals surface area contributed by atoms with Crippen molar-refractivity contribution in [3.63, 3.8) is 0 Å². The number of pyridine rings is 1. The molecule has 4 aromatic heterocycles. The molecule has 2 saturated carbocycles. The molecular formula is C26H31ClN10S. The van der Waals surface area contributed by atoms with E-state index in [0.29, 0.717) is 11.8 Å². The Bertz CT molecular complexity index is 1510. The molecule has 1 aliphatic heterocycles. The summed E-state index contributed by atoms with van der Waals surface area (Å²) in [5.74, 6) is 4.08. The van der Waals surface area contributed by atoms with E-state index in [-0.39, 0.29) is 11.2 Å². The van der Waals surface area contributed by atoms with Gasteiger partial charge in [0.1, 0.15) is 5.82 Å². The van der Waals surface area contributed by atoms with Crippen LogP contribution in [0.15, 0.2) is 17.6 Å². The molecule has 38 heavy (non-hydrogen) atoms. The van der Waals surface area contributed by atoms with Crippen molar-refractivity contribution in [2.75, 3.05) is 42.1 Å². The number of halogens is 1. The topological polar surface area (TPSA) is 114 Å². The van der Waals surface area contributed by atoms with Crippen molar-refractivity contribution in [2.45, 2.75) is 45.6 Å². The van der Waals surface area contributed by atoms with Crippen LogP contribution in [0.25, 0.3) is 16.0 Å². The number of piperazine rings is 1. The van der Waals surface area contributed by atoms with Crippen molar-refractivity contribution < 1.29 is 0 Å². The highest BCUT2D eigenvalue weighted by molar-refractivity contribution is 7.17. The minimum atomic E-state index is 0.144. The van der Waals surface area contributed by atoms with E-state index < -0.39 is 0 Å². The second-order valence-corrected chi connectivity index (χ2v) is 12.1. The molecular weight excluding hydrogens is 520 g/mol. The summed E-state index contributed by atoms with van der Waals surface area (Å²) in [4.78, 5) is 23.1. The summed E-state index contributed by atoms with van der Waals surface area (Å²) in [6.45, 7) is 8.39. The molecule has 3 N–H and O–H groups in total. The molecule has 10 nitrogen and oxygen atoms in total. The van der Waals surface area contributed by atoms with Gasteiger partial charge in [0.15, 0.2) is 5.82 Å². The molecule has 2 bridgehead atoms. The monoisotopic (exact) mass is 550 g/mol. The van der Waals surface area contributed by atoms with E-state index >= 15 is 0 Å². The maximum Gasteiger partial charge on any atom is 0.248 e. The Hall–Kier alpha value is -3.02. The van der Waals surface area contributed by atoms with Crippen LogP contribution in [0, 0.1) is 25.7 Å². The molecule has 3 atom stereocenters. The zero-order valence-corrected chi connectivity index (χ0v) is 23.1. The number of thiophene rings is 1. The second-order valence-electron chi connectivity index (χ2n) is 10.9. The number of nitrogens with one attached hydrogen (secondary N) is 1. The van der Waals surface area contributed by atoms with Crippen molar-refractivity contribution in [2.24, 2.45) is 11.8 Å². The van der Waals surface area contributed by atoms with Crippen LogP contribution in [-0.4, -0.2) is 66.8 Å². The maximum absolute atomic E-state index is 6.23. The third-order valence-corrected chi connectivity index (χ3v) is 9.72. The number of hydrogen-bond donors (Lipinski definition) is 2. The molecule has 3 fully saturated rings. The molecule has 198 valence electrons. The molecule has 12 heteroatoms. The number of aromatic nitrogens is 6. The van der Waals surface area contributed by atoms with Gasteiger partial charge in [-0.25, -0.2) is 9.97 Å². The van der Waals surface area contributed by atoms with Gasteiger partial charge in [0.2, 0.25) is 17.2 Å². The first-order valence-corrected chi connectivity index (χ1v) is 14.6. The van der Waals surface area contributed by atoms with Gasteiger partial charge in [-0.15, -0.1) is 16.4 Å². The minimum absolute atomic E-state index is 0.144. The molecule has 5 heterocycles. The Morgan fingerprint density at radius 3 is 2.61 bits per heavy atom. The molecule has 3 aliphatic rings. The van der Waals surface area contributed by atoms with E-state index in [1.807, 2.05) is 18.5 Å². The van der Waals surface area contributed by atoms with E-state index in [0.717, 1.165) is 76.9 Å². The zero-order valence-electron chi connectivity index (χ0n) is 21.6.